The van der Waals surface area contributed by atoms with Crippen molar-refractivity contribution in [1.29, 1.82) is 0 Å². The van der Waals surface area contributed by atoms with Gasteiger partial charge in [0.2, 0.25) is 0 Å². The van der Waals surface area contributed by atoms with E-state index >= 15 is 0 Å². The quantitative estimate of drug-likeness (QED) is 0.214. The third-order valence-corrected chi connectivity index (χ3v) is 0. The topological polar surface area (TPSA) is 238 Å². The second kappa shape index (κ2) is 22.4. The summed E-state index contributed by atoms with van der Waals surface area (Å²) in [5.41, 5.74) is 0. The first-order valence-electron chi connectivity index (χ1n) is 0.667. The second-order valence-corrected chi connectivity index (χ2v) is 1.22. The maximum atomic E-state index is 8.52. The molecule has 0 heterocycles. The Morgan fingerprint density at radius 1 is 0.727 bits per heavy atom. The Kier molecular flexibility index (Phi) is 124. The van der Waals surface area contributed by atoms with Crippen molar-refractivity contribution in [3.63, 3.8) is 0 Å². The van der Waals surface area contributed by atoms with Gasteiger partial charge in [0.1, 0.15) is 0 Å². The molecule has 0 spiro atoms. The minimum atomic E-state index is -5.17. The molecule has 0 rings (SSSR count). The molecule has 0 amide bonds. The Hall–Kier alpha value is 0.670. The maximum absolute atomic E-state index is 8.52. The van der Waals surface area contributed by atoms with Crippen LogP contribution in [0.25, 0.3) is 0 Å². The van der Waals surface area contributed by atoms with E-state index in [2.05, 4.69) is 0 Å². The fraction of sp³-hybridized carbons (Fsp3) is 0. The minimum Gasteiger partial charge on any atom is -0.759 e. The van der Waals surface area contributed by atoms with Crippen molar-refractivity contribution in [3.8, 4) is 0 Å². The molecule has 0 aliphatic rings. The molecule has 9 nitrogen and oxygen atoms in total. The van der Waals surface area contributed by atoms with Crippen molar-refractivity contribution >= 4 is 10.4 Å². The predicted octanol–water partition coefficient (Wildman–Crippen LogP) is -8.46. The van der Waals surface area contributed by atoms with Crippen molar-refractivity contribution in [2.75, 3.05) is 0 Å². The Morgan fingerprint density at radius 2 is 0.727 bits per heavy atom. The van der Waals surface area contributed by atoms with Crippen LogP contribution in [-0.2, 0) is 10.4 Å². The van der Waals surface area contributed by atoms with Gasteiger partial charge in [-0.15, -0.1) is 0 Å². The third-order valence-electron chi connectivity index (χ3n) is 0. The molecule has 0 aliphatic heterocycles. The first-order valence-corrected chi connectivity index (χ1v) is 2.00. The van der Waals surface area contributed by atoms with Crippen molar-refractivity contribution in [2.45, 2.75) is 0 Å². The van der Waals surface area contributed by atoms with Crippen LogP contribution in [0.2, 0.25) is 0 Å². The van der Waals surface area contributed by atoms with Crippen LogP contribution in [0.3, 0.4) is 0 Å². The standard InChI is InChI=1S/Na.H2O4S.5H2O/c;1-5(2,3)4;;;;;/h;(H2,1,2,3,4);5*1H2/q+1;;;;;;/p-2. The average Bonchev–Trinajstić information content (AvgIpc) is 0.722. The molecule has 11 heavy (non-hydrogen) atoms. The smallest absolute Gasteiger partial charge is 0.759 e. The summed E-state index contributed by atoms with van der Waals surface area (Å²) in [6.45, 7) is 0. The largest absolute Gasteiger partial charge is 1.00 e. The van der Waals surface area contributed by atoms with E-state index in [1.807, 2.05) is 0 Å². The summed E-state index contributed by atoms with van der Waals surface area (Å²) in [6, 6.07) is 0. The molecule has 0 aromatic rings. The first kappa shape index (κ1) is 60.9. The minimum absolute atomic E-state index is 0. The maximum Gasteiger partial charge on any atom is 1.00 e. The van der Waals surface area contributed by atoms with E-state index in [9.17, 15) is 0 Å². The molecule has 0 saturated carbocycles. The molecule has 0 unspecified atom stereocenters. The van der Waals surface area contributed by atoms with Crippen molar-refractivity contribution in [1.82, 2.24) is 0 Å². The van der Waals surface area contributed by atoms with Crippen molar-refractivity contribution in [2.24, 2.45) is 0 Å². The zero-order chi connectivity index (χ0) is 4.50. The molecule has 10 N–H and O–H groups in total. The predicted molar refractivity (Wildman–Crippen MR) is 28.5 cm³/mol. The van der Waals surface area contributed by atoms with Gasteiger partial charge in [-0.25, -0.2) is 0 Å². The van der Waals surface area contributed by atoms with Gasteiger partial charge in [0.05, 0.1) is 0 Å². The van der Waals surface area contributed by atoms with Crippen LogP contribution < -0.4 is 29.6 Å². The van der Waals surface area contributed by atoms with E-state index < -0.39 is 10.4 Å². The van der Waals surface area contributed by atoms with Gasteiger partial charge in [-0.3, -0.25) is 8.42 Å². The van der Waals surface area contributed by atoms with Crippen molar-refractivity contribution < 1.29 is 74.5 Å². The van der Waals surface area contributed by atoms with Crippen LogP contribution >= 0.6 is 0 Å². The number of hydrogen-bond acceptors (Lipinski definition) is 4. The Bertz CT molecular complexity index is 92.7. The molecular formula is H10NaO9S-. The molecule has 0 aromatic heterocycles. The van der Waals surface area contributed by atoms with Crippen LogP contribution in [0.5, 0.6) is 0 Å². The zero-order valence-electron chi connectivity index (χ0n) is 5.54. The molecule has 0 radical (unpaired) electrons. The Morgan fingerprint density at radius 3 is 0.727 bits per heavy atom. The summed E-state index contributed by atoms with van der Waals surface area (Å²) >= 11 is 0. The molecule has 0 fully saturated rings. The molecule has 11 heteroatoms. The first-order chi connectivity index (χ1) is 2.00. The molecule has 0 saturated heterocycles. The normalized spacial score (nSPS) is 5.27. The molecule has 0 bridgehead atoms. The van der Waals surface area contributed by atoms with Gasteiger partial charge in [-0.2, -0.15) is 0 Å². The van der Waals surface area contributed by atoms with Crippen LogP contribution in [0.1, 0.15) is 0 Å². The molecule has 0 aromatic carbocycles. The van der Waals surface area contributed by atoms with Gasteiger partial charge in [0, 0.05) is 10.4 Å². The monoisotopic (exact) mass is 209 g/mol. The second-order valence-electron chi connectivity index (χ2n) is 0.408. The zero-order valence-corrected chi connectivity index (χ0v) is 8.36. The number of rotatable bonds is 0. The van der Waals surface area contributed by atoms with Gasteiger partial charge in [0.15, 0.2) is 0 Å². The molecule has 72 valence electrons. The summed E-state index contributed by atoms with van der Waals surface area (Å²) in [5, 5.41) is 0. The van der Waals surface area contributed by atoms with Gasteiger partial charge in [-0.1, -0.05) is 0 Å². The van der Waals surface area contributed by atoms with Gasteiger partial charge < -0.3 is 36.5 Å². The van der Waals surface area contributed by atoms with Crippen molar-refractivity contribution in [3.05, 3.63) is 0 Å². The fourth-order valence-electron chi connectivity index (χ4n) is 0. The van der Waals surface area contributed by atoms with Crippen LogP contribution in [-0.4, -0.2) is 44.9 Å². The van der Waals surface area contributed by atoms with Crippen LogP contribution in [0.15, 0.2) is 0 Å². The fourth-order valence-corrected chi connectivity index (χ4v) is 0. The van der Waals surface area contributed by atoms with E-state index in [4.69, 9.17) is 17.5 Å². The van der Waals surface area contributed by atoms with E-state index in [1.165, 1.54) is 0 Å². The summed E-state index contributed by atoms with van der Waals surface area (Å²) in [5.74, 6) is 0. The Balaban J connectivity index is -0.00000000533. The van der Waals surface area contributed by atoms with Crippen LogP contribution in [0.4, 0.5) is 0 Å². The summed E-state index contributed by atoms with van der Waals surface area (Å²) in [4.78, 5) is 0. The van der Waals surface area contributed by atoms with E-state index in [0.29, 0.717) is 0 Å². The summed E-state index contributed by atoms with van der Waals surface area (Å²) < 4.78 is 34.1. The third kappa shape index (κ3) is 1790. The SMILES string of the molecule is O.O.O.O.O.O=S(=O)([O-])[O-].[Na+]. The van der Waals surface area contributed by atoms with E-state index in [-0.39, 0.29) is 56.9 Å². The Labute approximate surface area is 84.8 Å². The summed E-state index contributed by atoms with van der Waals surface area (Å²) in [6.07, 6.45) is 0. The van der Waals surface area contributed by atoms with Gasteiger partial charge in [0.25, 0.3) is 0 Å². The van der Waals surface area contributed by atoms with E-state index in [1.54, 1.807) is 0 Å². The van der Waals surface area contributed by atoms with Gasteiger partial charge >= 0.3 is 29.6 Å². The van der Waals surface area contributed by atoms with Gasteiger partial charge in [-0.05, 0) is 0 Å². The molecular weight excluding hydrogens is 199 g/mol. The molecule has 0 aliphatic carbocycles. The van der Waals surface area contributed by atoms with E-state index in [0.717, 1.165) is 0 Å². The van der Waals surface area contributed by atoms with Crippen LogP contribution in [0, 0.1) is 0 Å². The summed E-state index contributed by atoms with van der Waals surface area (Å²) in [7, 11) is -5.17. The number of hydrogen-bond donors (Lipinski definition) is 0. The average molecular weight is 209 g/mol. The molecule has 0 atom stereocenters.